The lowest BCUT2D eigenvalue weighted by molar-refractivity contribution is -0.143. The van der Waals surface area contributed by atoms with Crippen LogP contribution in [0.5, 0.6) is 0 Å². The van der Waals surface area contributed by atoms with Gasteiger partial charge in [-0.2, -0.15) is 0 Å². The molecule has 0 bridgehead atoms. The Morgan fingerprint density at radius 3 is 2.10 bits per heavy atom. The van der Waals surface area contributed by atoms with Gasteiger partial charge in [-0.1, -0.05) is 70.0 Å². The van der Waals surface area contributed by atoms with Gasteiger partial charge in [-0.15, -0.1) is 0 Å². The Labute approximate surface area is 193 Å². The van der Waals surface area contributed by atoms with Gasteiger partial charge in [0.25, 0.3) is 0 Å². The topological polar surface area (TPSA) is 72.5 Å². The van der Waals surface area contributed by atoms with E-state index >= 15 is 0 Å². The Hall–Kier alpha value is -2.96. The predicted molar refractivity (Wildman–Crippen MR) is 124 cm³/mol. The second-order valence-corrected chi connectivity index (χ2v) is 8.09. The van der Waals surface area contributed by atoms with Crippen molar-refractivity contribution >= 4 is 50.8 Å². The number of hydrogen-bond donors (Lipinski definition) is 1. The van der Waals surface area contributed by atoms with Crippen LogP contribution in [0.2, 0.25) is 5.02 Å². The van der Waals surface area contributed by atoms with Crippen LogP contribution < -0.4 is 5.32 Å². The fourth-order valence-electron chi connectivity index (χ4n) is 2.82. The molecule has 0 saturated carbocycles. The molecule has 0 amide bonds. The lowest BCUT2D eigenvalue weighted by Crippen LogP contribution is -2.34. The molecule has 0 heterocycles. The summed E-state index contributed by atoms with van der Waals surface area (Å²) in [6.45, 7) is -0.418. The number of carbonyl (C=O) groups excluding carboxylic acids is 3. The molecule has 0 fully saturated rings. The molecular weight excluding hydrogens is 482 g/mol. The summed E-state index contributed by atoms with van der Waals surface area (Å²) in [5.74, 6) is -1.24. The minimum absolute atomic E-state index is 0.127. The van der Waals surface area contributed by atoms with Crippen molar-refractivity contribution in [3.63, 3.8) is 0 Å². The van der Waals surface area contributed by atoms with E-state index in [1.807, 2.05) is 6.07 Å². The van der Waals surface area contributed by atoms with Crippen LogP contribution >= 0.6 is 27.5 Å². The predicted octanol–water partition coefficient (Wildman–Crippen LogP) is 5.58. The molecule has 0 spiro atoms. The number of anilines is 1. The van der Waals surface area contributed by atoms with Crippen molar-refractivity contribution < 1.29 is 19.1 Å². The highest BCUT2D eigenvalue weighted by Crippen LogP contribution is 2.17. The van der Waals surface area contributed by atoms with Crippen molar-refractivity contribution in [1.82, 2.24) is 0 Å². The molecule has 0 saturated heterocycles. The smallest absolute Gasteiger partial charge is 0.329 e. The van der Waals surface area contributed by atoms with Gasteiger partial charge in [0, 0.05) is 32.7 Å². The monoisotopic (exact) mass is 499 g/mol. The van der Waals surface area contributed by atoms with Crippen LogP contribution in [0.3, 0.4) is 0 Å². The van der Waals surface area contributed by atoms with Gasteiger partial charge in [0.05, 0.1) is 0 Å². The standard InChI is InChI=1S/C24H19BrClNO4/c25-18-8-6-17(7-9-18)23(29)15-31-24(30)21(27-20-12-10-19(26)11-13-20)14-22(28)16-4-2-1-3-5-16/h1-13,21,27H,14-15H2/t21-/m1/s1. The number of ether oxygens (including phenoxy) is 1. The third kappa shape index (κ3) is 6.77. The number of nitrogens with one attached hydrogen (secondary N) is 1. The third-order valence-electron chi connectivity index (χ3n) is 4.47. The Bertz CT molecular complexity index is 1050. The summed E-state index contributed by atoms with van der Waals surface area (Å²) < 4.78 is 6.08. The van der Waals surface area contributed by atoms with E-state index < -0.39 is 18.6 Å². The highest BCUT2D eigenvalue weighted by molar-refractivity contribution is 9.10. The summed E-state index contributed by atoms with van der Waals surface area (Å²) in [4.78, 5) is 37.7. The molecule has 7 heteroatoms. The second kappa shape index (κ2) is 10.9. The highest BCUT2D eigenvalue weighted by Gasteiger charge is 2.25. The van der Waals surface area contributed by atoms with Gasteiger partial charge in [-0.3, -0.25) is 9.59 Å². The van der Waals surface area contributed by atoms with Crippen molar-refractivity contribution in [3.05, 3.63) is 99.5 Å². The molecule has 5 nitrogen and oxygen atoms in total. The average molecular weight is 501 g/mol. The first-order valence-electron chi connectivity index (χ1n) is 9.48. The zero-order chi connectivity index (χ0) is 22.2. The van der Waals surface area contributed by atoms with Crippen molar-refractivity contribution in [2.75, 3.05) is 11.9 Å². The second-order valence-electron chi connectivity index (χ2n) is 6.73. The molecule has 0 aliphatic rings. The summed E-state index contributed by atoms with van der Waals surface area (Å²) in [6, 6.07) is 21.2. The zero-order valence-corrected chi connectivity index (χ0v) is 18.7. The van der Waals surface area contributed by atoms with Crippen LogP contribution in [0.1, 0.15) is 27.1 Å². The van der Waals surface area contributed by atoms with E-state index in [4.69, 9.17) is 16.3 Å². The van der Waals surface area contributed by atoms with Crippen LogP contribution in [-0.4, -0.2) is 30.2 Å². The van der Waals surface area contributed by atoms with E-state index in [0.29, 0.717) is 21.8 Å². The van der Waals surface area contributed by atoms with Gasteiger partial charge in [0.15, 0.2) is 18.2 Å². The summed E-state index contributed by atoms with van der Waals surface area (Å²) in [5, 5.41) is 3.55. The quantitative estimate of drug-likeness (QED) is 0.307. The largest absolute Gasteiger partial charge is 0.456 e. The van der Waals surface area contributed by atoms with E-state index in [9.17, 15) is 14.4 Å². The SMILES string of the molecule is O=C(COC(=O)[C@@H](CC(=O)c1ccccc1)Nc1ccc(Cl)cc1)c1ccc(Br)cc1. The number of carbonyl (C=O) groups is 3. The molecular formula is C24H19BrClNO4. The van der Waals surface area contributed by atoms with Gasteiger partial charge in [0.1, 0.15) is 6.04 Å². The van der Waals surface area contributed by atoms with Crippen LogP contribution in [0, 0.1) is 0 Å². The molecule has 3 aromatic rings. The van der Waals surface area contributed by atoms with Gasteiger partial charge in [-0.05, 0) is 36.4 Å². The normalized spacial score (nSPS) is 11.4. The average Bonchev–Trinajstić information content (AvgIpc) is 2.79. The van der Waals surface area contributed by atoms with Crippen molar-refractivity contribution in [3.8, 4) is 0 Å². The van der Waals surface area contributed by atoms with Gasteiger partial charge in [-0.25, -0.2) is 4.79 Å². The lowest BCUT2D eigenvalue weighted by Gasteiger charge is -2.18. The molecule has 0 radical (unpaired) electrons. The van der Waals surface area contributed by atoms with Gasteiger partial charge < -0.3 is 10.1 Å². The van der Waals surface area contributed by atoms with Crippen molar-refractivity contribution in [2.45, 2.75) is 12.5 Å². The maximum absolute atomic E-state index is 12.7. The number of Topliss-reactive ketones (excluding diaryl/α,β-unsaturated/α-hetero) is 2. The van der Waals surface area contributed by atoms with Crippen LogP contribution in [-0.2, 0) is 9.53 Å². The van der Waals surface area contributed by atoms with E-state index in [0.717, 1.165) is 4.47 Å². The summed E-state index contributed by atoms with van der Waals surface area (Å²) >= 11 is 9.22. The number of esters is 1. The lowest BCUT2D eigenvalue weighted by atomic mass is 10.0. The Kier molecular flexibility index (Phi) is 7.98. The number of hydrogen-bond acceptors (Lipinski definition) is 5. The minimum Gasteiger partial charge on any atom is -0.456 e. The minimum atomic E-state index is -0.966. The molecule has 1 atom stereocenters. The molecule has 0 aliphatic heterocycles. The van der Waals surface area contributed by atoms with E-state index in [-0.39, 0.29) is 18.0 Å². The van der Waals surface area contributed by atoms with Crippen LogP contribution in [0.15, 0.2) is 83.3 Å². The molecule has 0 aromatic heterocycles. The first-order chi connectivity index (χ1) is 14.9. The third-order valence-corrected chi connectivity index (χ3v) is 5.25. The number of benzene rings is 3. The Morgan fingerprint density at radius 1 is 0.839 bits per heavy atom. The zero-order valence-electron chi connectivity index (χ0n) is 16.4. The number of rotatable bonds is 9. The molecule has 158 valence electrons. The maximum atomic E-state index is 12.7. The molecule has 3 rings (SSSR count). The van der Waals surface area contributed by atoms with Crippen molar-refractivity contribution in [1.29, 1.82) is 0 Å². The fraction of sp³-hybridized carbons (Fsp3) is 0.125. The van der Waals surface area contributed by atoms with Gasteiger partial charge >= 0.3 is 5.97 Å². The summed E-state index contributed by atoms with van der Waals surface area (Å²) in [6.07, 6.45) is -0.127. The van der Waals surface area contributed by atoms with Crippen LogP contribution in [0.25, 0.3) is 0 Å². The Morgan fingerprint density at radius 2 is 1.45 bits per heavy atom. The number of ketones is 2. The van der Waals surface area contributed by atoms with Gasteiger partial charge in [0.2, 0.25) is 0 Å². The van der Waals surface area contributed by atoms with Crippen molar-refractivity contribution in [2.24, 2.45) is 0 Å². The first kappa shape index (κ1) is 22.7. The van der Waals surface area contributed by atoms with Crippen LogP contribution in [0.4, 0.5) is 5.69 Å². The maximum Gasteiger partial charge on any atom is 0.329 e. The summed E-state index contributed by atoms with van der Waals surface area (Å²) in [7, 11) is 0. The fourth-order valence-corrected chi connectivity index (χ4v) is 3.21. The molecule has 31 heavy (non-hydrogen) atoms. The van der Waals surface area contributed by atoms with E-state index in [1.54, 1.807) is 72.8 Å². The molecule has 1 N–H and O–H groups in total. The summed E-state index contributed by atoms with van der Waals surface area (Å²) in [5.41, 5.74) is 1.52. The molecule has 0 aliphatic carbocycles. The molecule has 0 unspecified atom stereocenters. The first-order valence-corrected chi connectivity index (χ1v) is 10.7. The molecule has 3 aromatic carbocycles. The highest BCUT2D eigenvalue weighted by atomic mass is 79.9. The number of halogens is 2. The van der Waals surface area contributed by atoms with E-state index in [1.165, 1.54) is 0 Å². The Balaban J connectivity index is 1.70. The van der Waals surface area contributed by atoms with E-state index in [2.05, 4.69) is 21.2 Å².